The van der Waals surface area contributed by atoms with Gasteiger partial charge in [-0.3, -0.25) is 24.1 Å². The number of thioether (sulfide) groups is 1. The predicted octanol–water partition coefficient (Wildman–Crippen LogP) is 3.33. The minimum absolute atomic E-state index is 0.0114. The number of rotatable bonds is 6. The lowest BCUT2D eigenvalue weighted by Crippen LogP contribution is -2.37. The third kappa shape index (κ3) is 4.62. The van der Waals surface area contributed by atoms with Crippen LogP contribution >= 0.6 is 11.8 Å². The number of nitrogens with one attached hydrogen (secondary N) is 1. The van der Waals surface area contributed by atoms with Crippen molar-refractivity contribution in [1.29, 1.82) is 0 Å². The number of fused-ring (bicyclic) bond motifs is 1. The number of carbonyl (C=O) groups excluding carboxylic acids is 3. The molecule has 174 valence electrons. The van der Waals surface area contributed by atoms with E-state index < -0.39 is 17.0 Å². The van der Waals surface area contributed by atoms with Gasteiger partial charge in [0.25, 0.3) is 22.6 Å². The number of imide groups is 1. The molecule has 1 aliphatic heterocycles. The van der Waals surface area contributed by atoms with Gasteiger partial charge in [0.2, 0.25) is 0 Å². The van der Waals surface area contributed by atoms with Crippen molar-refractivity contribution in [3.8, 4) is 0 Å². The van der Waals surface area contributed by atoms with Crippen LogP contribution in [0.5, 0.6) is 0 Å². The van der Waals surface area contributed by atoms with Crippen molar-refractivity contribution in [3.05, 3.63) is 80.4 Å². The van der Waals surface area contributed by atoms with Gasteiger partial charge >= 0.3 is 0 Å². The van der Waals surface area contributed by atoms with Gasteiger partial charge < -0.3 is 9.88 Å². The lowest BCUT2D eigenvalue weighted by molar-refractivity contribution is -0.122. The summed E-state index contributed by atoms with van der Waals surface area (Å²) in [6.07, 6.45) is 1.53. The molecule has 0 bridgehead atoms. The molecular formula is C24H21FN4O4S. The fraction of sp³-hybridized carbons (Fsp3) is 0.208. The van der Waals surface area contributed by atoms with Gasteiger partial charge in [-0.1, -0.05) is 12.1 Å². The average molecular weight is 481 g/mol. The Hall–Kier alpha value is -3.79. The average Bonchev–Trinajstić information content (AvgIpc) is 3.08. The van der Waals surface area contributed by atoms with Gasteiger partial charge in [0.15, 0.2) is 0 Å². The first-order valence-electron chi connectivity index (χ1n) is 10.6. The Labute approximate surface area is 198 Å². The first-order valence-corrected chi connectivity index (χ1v) is 11.4. The smallest absolute Gasteiger partial charge is 0.293 e. The largest absolute Gasteiger partial charge is 0.350 e. The molecule has 3 amide bonds. The minimum Gasteiger partial charge on any atom is -0.350 e. The second-order valence-corrected chi connectivity index (χ2v) is 8.58. The third-order valence-corrected chi connectivity index (χ3v) is 6.26. The summed E-state index contributed by atoms with van der Waals surface area (Å²) < 4.78 is 14.7. The van der Waals surface area contributed by atoms with Crippen molar-refractivity contribution in [2.45, 2.75) is 20.4 Å². The van der Waals surface area contributed by atoms with Crippen LogP contribution < -0.4 is 10.9 Å². The highest BCUT2D eigenvalue weighted by atomic mass is 32.2. The molecule has 8 nitrogen and oxygen atoms in total. The summed E-state index contributed by atoms with van der Waals surface area (Å²) in [6.45, 7) is 4.05. The number of hydrogen-bond acceptors (Lipinski definition) is 6. The Morgan fingerprint density at radius 2 is 1.88 bits per heavy atom. The number of carbonyl (C=O) groups is 3. The Morgan fingerprint density at radius 3 is 2.59 bits per heavy atom. The van der Waals surface area contributed by atoms with Crippen LogP contribution in [0, 0.1) is 12.7 Å². The van der Waals surface area contributed by atoms with Crippen molar-refractivity contribution in [1.82, 2.24) is 19.8 Å². The Bertz CT molecular complexity index is 1400. The maximum atomic E-state index is 13.1. The zero-order valence-corrected chi connectivity index (χ0v) is 19.3. The van der Waals surface area contributed by atoms with E-state index in [2.05, 4.69) is 10.3 Å². The van der Waals surface area contributed by atoms with Crippen LogP contribution in [0.25, 0.3) is 17.1 Å². The van der Waals surface area contributed by atoms with Crippen LogP contribution in [0.1, 0.15) is 28.5 Å². The summed E-state index contributed by atoms with van der Waals surface area (Å²) >= 11 is 0.799. The van der Waals surface area contributed by atoms with Crippen molar-refractivity contribution >= 4 is 45.9 Å². The summed E-state index contributed by atoms with van der Waals surface area (Å²) in [6, 6.07) is 10.5. The van der Waals surface area contributed by atoms with Gasteiger partial charge in [-0.25, -0.2) is 9.37 Å². The molecule has 2 heterocycles. The molecule has 2 aromatic carbocycles. The molecule has 0 aliphatic carbocycles. The van der Waals surface area contributed by atoms with E-state index in [4.69, 9.17) is 0 Å². The Morgan fingerprint density at radius 1 is 1.15 bits per heavy atom. The monoisotopic (exact) mass is 480 g/mol. The van der Waals surface area contributed by atoms with E-state index in [1.54, 1.807) is 29.7 Å². The number of halogens is 1. The van der Waals surface area contributed by atoms with E-state index in [-0.39, 0.29) is 29.5 Å². The Balaban J connectivity index is 1.41. The second kappa shape index (κ2) is 9.60. The van der Waals surface area contributed by atoms with Crippen LogP contribution in [0.4, 0.5) is 9.18 Å². The van der Waals surface area contributed by atoms with Crippen molar-refractivity contribution < 1.29 is 18.8 Å². The molecule has 1 fully saturated rings. The van der Waals surface area contributed by atoms with Crippen LogP contribution in [-0.2, 0) is 11.3 Å². The lowest BCUT2D eigenvalue weighted by atomic mass is 10.1. The van der Waals surface area contributed by atoms with E-state index in [9.17, 15) is 23.6 Å². The summed E-state index contributed by atoms with van der Waals surface area (Å²) in [5, 5.41) is 2.27. The molecule has 4 rings (SSSR count). The number of aryl methyl sites for hydroxylation is 2. The standard InChI is InChI=1S/C24H21FN4O4S/c1-3-28-19-9-6-16(13-18(19)27-14(2)22(28)31)21(30)26-10-11-29-23(32)20(34-24(29)33)12-15-4-7-17(25)8-5-15/h4-9,12-13H,3,10-11H2,1-2H3,(H,26,30)/b20-12-. The maximum Gasteiger partial charge on any atom is 0.293 e. The molecule has 0 unspecified atom stereocenters. The normalized spacial score (nSPS) is 14.9. The maximum absolute atomic E-state index is 13.1. The number of aromatic nitrogens is 2. The zero-order valence-electron chi connectivity index (χ0n) is 18.5. The fourth-order valence-electron chi connectivity index (χ4n) is 3.62. The molecule has 1 aromatic heterocycles. The van der Waals surface area contributed by atoms with Crippen LogP contribution in [-0.4, -0.2) is 44.6 Å². The number of nitrogens with zero attached hydrogens (tertiary/aromatic N) is 3. The van der Waals surface area contributed by atoms with E-state index in [0.29, 0.717) is 34.4 Å². The van der Waals surface area contributed by atoms with E-state index in [1.807, 2.05) is 6.92 Å². The van der Waals surface area contributed by atoms with Crippen molar-refractivity contribution in [3.63, 3.8) is 0 Å². The lowest BCUT2D eigenvalue weighted by Gasteiger charge is -2.13. The molecule has 0 radical (unpaired) electrons. The molecule has 10 heteroatoms. The molecule has 0 spiro atoms. The highest BCUT2D eigenvalue weighted by Gasteiger charge is 2.34. The number of benzene rings is 2. The van der Waals surface area contributed by atoms with Gasteiger partial charge in [0.05, 0.1) is 15.9 Å². The van der Waals surface area contributed by atoms with Gasteiger partial charge in [-0.05, 0) is 67.6 Å². The summed E-state index contributed by atoms with van der Waals surface area (Å²) in [4.78, 5) is 55.3. The molecule has 34 heavy (non-hydrogen) atoms. The second-order valence-electron chi connectivity index (χ2n) is 7.59. The third-order valence-electron chi connectivity index (χ3n) is 5.35. The molecule has 1 aliphatic rings. The quantitative estimate of drug-likeness (QED) is 0.543. The Kier molecular flexibility index (Phi) is 6.60. The van der Waals surface area contributed by atoms with Gasteiger partial charge in [0, 0.05) is 25.2 Å². The van der Waals surface area contributed by atoms with Crippen LogP contribution in [0.15, 0.2) is 52.2 Å². The van der Waals surface area contributed by atoms with E-state index in [0.717, 1.165) is 16.7 Å². The minimum atomic E-state index is -0.462. The van der Waals surface area contributed by atoms with Crippen LogP contribution in [0.2, 0.25) is 0 Å². The van der Waals surface area contributed by atoms with Gasteiger partial charge in [-0.2, -0.15) is 0 Å². The zero-order chi connectivity index (χ0) is 24.4. The first kappa shape index (κ1) is 23.4. The molecular weight excluding hydrogens is 459 g/mol. The van der Waals surface area contributed by atoms with Gasteiger partial charge in [-0.15, -0.1) is 0 Å². The van der Waals surface area contributed by atoms with Gasteiger partial charge in [0.1, 0.15) is 11.5 Å². The number of amides is 3. The van der Waals surface area contributed by atoms with Crippen LogP contribution in [0.3, 0.4) is 0 Å². The fourth-order valence-corrected chi connectivity index (χ4v) is 4.48. The summed E-state index contributed by atoms with van der Waals surface area (Å²) in [7, 11) is 0. The topological polar surface area (TPSA) is 101 Å². The molecule has 3 aromatic rings. The van der Waals surface area contributed by atoms with Crippen molar-refractivity contribution in [2.24, 2.45) is 0 Å². The van der Waals surface area contributed by atoms with E-state index >= 15 is 0 Å². The van der Waals surface area contributed by atoms with E-state index in [1.165, 1.54) is 30.3 Å². The molecule has 1 N–H and O–H groups in total. The van der Waals surface area contributed by atoms with Crippen molar-refractivity contribution in [2.75, 3.05) is 13.1 Å². The highest BCUT2D eigenvalue weighted by Crippen LogP contribution is 2.31. The summed E-state index contributed by atoms with van der Waals surface area (Å²) in [5.41, 5.74) is 2.31. The first-order chi connectivity index (χ1) is 16.3. The number of hydrogen-bond donors (Lipinski definition) is 1. The molecule has 0 atom stereocenters. The highest BCUT2D eigenvalue weighted by molar-refractivity contribution is 8.18. The predicted molar refractivity (Wildman–Crippen MR) is 128 cm³/mol. The molecule has 1 saturated heterocycles. The molecule has 0 saturated carbocycles. The SMILES string of the molecule is CCn1c(=O)c(C)nc2cc(C(=O)NCCN3C(=O)S/C(=C\c4ccc(F)cc4)C3=O)ccc21. The summed E-state index contributed by atoms with van der Waals surface area (Å²) in [5.74, 6) is -1.24.